The molecule has 5 heteroatoms. The summed E-state index contributed by atoms with van der Waals surface area (Å²) in [7, 11) is 1.91. The number of aliphatic carboxylic acids is 1. The van der Waals surface area contributed by atoms with E-state index in [9.17, 15) is 4.79 Å². The van der Waals surface area contributed by atoms with E-state index in [1.165, 1.54) is 0 Å². The van der Waals surface area contributed by atoms with E-state index < -0.39 is 5.97 Å². The van der Waals surface area contributed by atoms with Crippen molar-refractivity contribution >= 4 is 5.97 Å². The molecule has 1 aromatic heterocycles. The predicted octanol–water partition coefficient (Wildman–Crippen LogP) is 1.15. The lowest BCUT2D eigenvalue weighted by molar-refractivity contribution is -0.143. The zero-order valence-corrected chi connectivity index (χ0v) is 10.1. The van der Waals surface area contributed by atoms with E-state index in [-0.39, 0.29) is 5.92 Å². The average molecular weight is 237 g/mol. The first kappa shape index (κ1) is 12.1. The highest BCUT2D eigenvalue weighted by Crippen LogP contribution is 2.24. The topological polar surface area (TPSA) is 67.2 Å². The fraction of sp³-hybridized carbons (Fsp3) is 0.667. The van der Waals surface area contributed by atoms with Crippen LogP contribution in [0.25, 0.3) is 0 Å². The first-order chi connectivity index (χ1) is 8.16. The Hall–Kier alpha value is -1.36. The Labute approximate surface area is 101 Å². The summed E-state index contributed by atoms with van der Waals surface area (Å²) in [6.07, 6.45) is 5.41. The zero-order valence-electron chi connectivity index (χ0n) is 10.1. The van der Waals surface area contributed by atoms with E-state index in [0.717, 1.165) is 37.9 Å². The van der Waals surface area contributed by atoms with Crippen LogP contribution in [0.1, 0.15) is 31.4 Å². The SMILES string of the molecule is Cn1nccc1CNC1CCCC(C(=O)O)C1. The number of rotatable bonds is 4. The van der Waals surface area contributed by atoms with Crippen molar-refractivity contribution in [3.05, 3.63) is 18.0 Å². The highest BCUT2D eigenvalue weighted by atomic mass is 16.4. The van der Waals surface area contributed by atoms with Gasteiger partial charge in [-0.05, 0) is 25.3 Å². The summed E-state index contributed by atoms with van der Waals surface area (Å²) in [5.74, 6) is -0.829. The van der Waals surface area contributed by atoms with Gasteiger partial charge in [-0.15, -0.1) is 0 Å². The molecule has 5 nitrogen and oxygen atoms in total. The summed E-state index contributed by atoms with van der Waals surface area (Å²) in [6, 6.07) is 2.30. The molecule has 94 valence electrons. The van der Waals surface area contributed by atoms with Crippen molar-refractivity contribution in [1.82, 2.24) is 15.1 Å². The van der Waals surface area contributed by atoms with Crippen LogP contribution in [0.15, 0.2) is 12.3 Å². The second kappa shape index (κ2) is 5.31. The van der Waals surface area contributed by atoms with Crippen molar-refractivity contribution < 1.29 is 9.90 Å². The minimum Gasteiger partial charge on any atom is -0.481 e. The third kappa shape index (κ3) is 3.06. The first-order valence-electron chi connectivity index (χ1n) is 6.10. The summed E-state index contributed by atoms with van der Waals surface area (Å²) < 4.78 is 1.84. The average Bonchev–Trinajstić information content (AvgIpc) is 2.72. The Morgan fingerprint density at radius 1 is 1.65 bits per heavy atom. The van der Waals surface area contributed by atoms with Crippen molar-refractivity contribution in [2.75, 3.05) is 0 Å². The van der Waals surface area contributed by atoms with Crippen LogP contribution in [0.2, 0.25) is 0 Å². The smallest absolute Gasteiger partial charge is 0.306 e. The standard InChI is InChI=1S/C12H19N3O2/c1-15-11(5-6-14-15)8-13-10-4-2-3-9(7-10)12(16)17/h5-6,9-10,13H,2-4,7-8H2,1H3,(H,16,17). The molecule has 0 saturated heterocycles. The molecule has 2 atom stereocenters. The highest BCUT2D eigenvalue weighted by Gasteiger charge is 2.26. The molecule has 2 N–H and O–H groups in total. The third-order valence-corrected chi connectivity index (χ3v) is 3.52. The van der Waals surface area contributed by atoms with Gasteiger partial charge in [-0.2, -0.15) is 5.10 Å². The van der Waals surface area contributed by atoms with E-state index in [0.29, 0.717) is 6.04 Å². The number of aryl methyl sites for hydroxylation is 1. The number of nitrogens with one attached hydrogen (secondary N) is 1. The molecule has 0 aliphatic heterocycles. The monoisotopic (exact) mass is 237 g/mol. The maximum Gasteiger partial charge on any atom is 0.306 e. The van der Waals surface area contributed by atoms with Gasteiger partial charge < -0.3 is 10.4 Å². The lowest BCUT2D eigenvalue weighted by Crippen LogP contribution is -2.36. The summed E-state index contributed by atoms with van der Waals surface area (Å²) in [5, 5.41) is 16.5. The van der Waals surface area contributed by atoms with Gasteiger partial charge in [-0.3, -0.25) is 9.48 Å². The van der Waals surface area contributed by atoms with Crippen molar-refractivity contribution in [1.29, 1.82) is 0 Å². The second-order valence-electron chi connectivity index (χ2n) is 4.73. The summed E-state index contributed by atoms with van der Waals surface area (Å²) in [4.78, 5) is 10.9. The molecule has 1 aliphatic rings. The zero-order chi connectivity index (χ0) is 12.3. The molecule has 1 aliphatic carbocycles. The number of carbonyl (C=O) groups is 1. The van der Waals surface area contributed by atoms with Gasteiger partial charge in [0, 0.05) is 25.8 Å². The Morgan fingerprint density at radius 3 is 3.12 bits per heavy atom. The number of hydrogen-bond acceptors (Lipinski definition) is 3. The van der Waals surface area contributed by atoms with Gasteiger partial charge in [0.2, 0.25) is 0 Å². The van der Waals surface area contributed by atoms with Gasteiger partial charge in [0.25, 0.3) is 0 Å². The lowest BCUT2D eigenvalue weighted by Gasteiger charge is -2.27. The Kier molecular flexibility index (Phi) is 3.78. The number of carboxylic acids is 1. The largest absolute Gasteiger partial charge is 0.481 e. The lowest BCUT2D eigenvalue weighted by atomic mass is 9.86. The summed E-state index contributed by atoms with van der Waals surface area (Å²) >= 11 is 0. The number of aromatic nitrogens is 2. The van der Waals surface area contributed by atoms with Crippen molar-refractivity contribution in [3.8, 4) is 0 Å². The molecule has 0 radical (unpaired) electrons. The molecule has 2 rings (SSSR count). The molecule has 17 heavy (non-hydrogen) atoms. The maximum absolute atomic E-state index is 10.9. The quantitative estimate of drug-likeness (QED) is 0.824. The number of nitrogens with zero attached hydrogens (tertiary/aromatic N) is 2. The molecule has 2 unspecified atom stereocenters. The van der Waals surface area contributed by atoms with E-state index in [2.05, 4.69) is 10.4 Å². The van der Waals surface area contributed by atoms with Crippen molar-refractivity contribution in [2.24, 2.45) is 13.0 Å². The molecular weight excluding hydrogens is 218 g/mol. The normalized spacial score (nSPS) is 24.8. The van der Waals surface area contributed by atoms with E-state index in [1.807, 2.05) is 17.8 Å². The molecule has 0 aromatic carbocycles. The van der Waals surface area contributed by atoms with Crippen LogP contribution in [-0.4, -0.2) is 26.9 Å². The minimum absolute atomic E-state index is 0.173. The van der Waals surface area contributed by atoms with Crippen LogP contribution in [0.5, 0.6) is 0 Å². The van der Waals surface area contributed by atoms with Crippen LogP contribution >= 0.6 is 0 Å². The molecular formula is C12H19N3O2. The van der Waals surface area contributed by atoms with E-state index in [4.69, 9.17) is 5.11 Å². The fourth-order valence-corrected chi connectivity index (χ4v) is 2.42. The van der Waals surface area contributed by atoms with Crippen LogP contribution in [0, 0.1) is 5.92 Å². The van der Waals surface area contributed by atoms with Crippen molar-refractivity contribution in [2.45, 2.75) is 38.3 Å². The molecule has 1 aromatic rings. The third-order valence-electron chi connectivity index (χ3n) is 3.52. The molecule has 0 amide bonds. The van der Waals surface area contributed by atoms with Gasteiger partial charge in [-0.25, -0.2) is 0 Å². The molecule has 0 bridgehead atoms. The number of hydrogen-bond donors (Lipinski definition) is 2. The van der Waals surface area contributed by atoms with Gasteiger partial charge >= 0.3 is 5.97 Å². The highest BCUT2D eigenvalue weighted by molar-refractivity contribution is 5.70. The summed E-state index contributed by atoms with van der Waals surface area (Å²) in [5.41, 5.74) is 1.13. The van der Waals surface area contributed by atoms with Crippen LogP contribution in [0.4, 0.5) is 0 Å². The fourth-order valence-electron chi connectivity index (χ4n) is 2.42. The number of carboxylic acid groups (broad SMARTS) is 1. The Balaban J connectivity index is 1.83. The predicted molar refractivity (Wildman–Crippen MR) is 63.4 cm³/mol. The Bertz CT molecular complexity index is 389. The second-order valence-corrected chi connectivity index (χ2v) is 4.73. The first-order valence-corrected chi connectivity index (χ1v) is 6.10. The molecule has 1 fully saturated rings. The van der Waals surface area contributed by atoms with Gasteiger partial charge in [0.15, 0.2) is 0 Å². The van der Waals surface area contributed by atoms with Crippen LogP contribution in [-0.2, 0) is 18.4 Å². The molecule has 1 saturated carbocycles. The summed E-state index contributed by atoms with van der Waals surface area (Å²) in [6.45, 7) is 0.757. The van der Waals surface area contributed by atoms with Crippen LogP contribution in [0.3, 0.4) is 0 Å². The maximum atomic E-state index is 10.9. The van der Waals surface area contributed by atoms with Gasteiger partial charge in [0.05, 0.1) is 11.6 Å². The molecule has 1 heterocycles. The van der Waals surface area contributed by atoms with Crippen molar-refractivity contribution in [3.63, 3.8) is 0 Å². The Morgan fingerprint density at radius 2 is 2.47 bits per heavy atom. The van der Waals surface area contributed by atoms with E-state index in [1.54, 1.807) is 6.20 Å². The van der Waals surface area contributed by atoms with Gasteiger partial charge in [0.1, 0.15) is 0 Å². The molecule has 0 spiro atoms. The van der Waals surface area contributed by atoms with E-state index >= 15 is 0 Å². The minimum atomic E-state index is -0.656. The van der Waals surface area contributed by atoms with Crippen LogP contribution < -0.4 is 5.32 Å². The van der Waals surface area contributed by atoms with Gasteiger partial charge in [-0.1, -0.05) is 6.42 Å².